The van der Waals surface area contributed by atoms with Crippen LogP contribution < -0.4 is 5.56 Å². The lowest BCUT2D eigenvalue weighted by atomic mass is 9.89. The van der Waals surface area contributed by atoms with Crippen molar-refractivity contribution in [3.8, 4) is 0 Å². The maximum atomic E-state index is 12.4. The largest absolute Gasteiger partial charge is 0.307 e. The van der Waals surface area contributed by atoms with E-state index >= 15 is 0 Å². The van der Waals surface area contributed by atoms with Gasteiger partial charge >= 0.3 is 0 Å². The molecule has 1 unspecified atom stereocenters. The van der Waals surface area contributed by atoms with Gasteiger partial charge in [0.1, 0.15) is 5.65 Å². The van der Waals surface area contributed by atoms with E-state index in [1.54, 1.807) is 0 Å². The Morgan fingerprint density at radius 1 is 1.17 bits per heavy atom. The van der Waals surface area contributed by atoms with Crippen LogP contribution in [-0.4, -0.2) is 32.3 Å². The van der Waals surface area contributed by atoms with Crippen molar-refractivity contribution < 1.29 is 0 Å². The van der Waals surface area contributed by atoms with Gasteiger partial charge in [-0.3, -0.25) is 14.4 Å². The van der Waals surface area contributed by atoms with E-state index in [9.17, 15) is 4.79 Å². The van der Waals surface area contributed by atoms with Crippen molar-refractivity contribution in [3.63, 3.8) is 0 Å². The van der Waals surface area contributed by atoms with Crippen molar-refractivity contribution in [2.24, 2.45) is 7.05 Å². The first-order chi connectivity index (χ1) is 11.1. The Morgan fingerprint density at radius 3 is 2.65 bits per heavy atom. The van der Waals surface area contributed by atoms with Gasteiger partial charge in [0, 0.05) is 24.0 Å². The van der Waals surface area contributed by atoms with Gasteiger partial charge < -0.3 is 4.98 Å². The predicted octanol–water partition coefficient (Wildman–Crippen LogP) is 2.69. The highest BCUT2D eigenvalue weighted by Crippen LogP contribution is 2.38. The zero-order valence-corrected chi connectivity index (χ0v) is 14.4. The van der Waals surface area contributed by atoms with Crippen molar-refractivity contribution in [1.29, 1.82) is 0 Å². The van der Waals surface area contributed by atoms with E-state index in [-0.39, 0.29) is 5.56 Å². The van der Waals surface area contributed by atoms with Crippen molar-refractivity contribution in [3.05, 3.63) is 27.2 Å². The van der Waals surface area contributed by atoms with Crippen LogP contribution in [0.5, 0.6) is 0 Å². The second kappa shape index (κ2) is 5.48. The van der Waals surface area contributed by atoms with Gasteiger partial charge in [-0.15, -0.1) is 0 Å². The summed E-state index contributed by atoms with van der Waals surface area (Å²) in [5.41, 5.74) is 4.46. The van der Waals surface area contributed by atoms with E-state index in [1.165, 1.54) is 29.5 Å². The predicted molar refractivity (Wildman–Crippen MR) is 91.8 cm³/mol. The average Bonchev–Trinajstić information content (AvgIpc) is 3.13. The maximum Gasteiger partial charge on any atom is 0.253 e. The molecule has 5 nitrogen and oxygen atoms in total. The smallest absolute Gasteiger partial charge is 0.253 e. The Balaban J connectivity index is 1.96. The Hall–Kier alpha value is -1.62. The van der Waals surface area contributed by atoms with E-state index in [1.807, 2.05) is 11.7 Å². The Morgan fingerprint density at radius 2 is 1.91 bits per heavy atom. The van der Waals surface area contributed by atoms with Crippen molar-refractivity contribution in [1.82, 2.24) is 19.7 Å². The molecule has 2 aromatic heterocycles. The normalized spacial score (nSPS) is 22.2. The molecule has 0 spiro atoms. The lowest BCUT2D eigenvalue weighted by Crippen LogP contribution is -2.30. The van der Waals surface area contributed by atoms with Gasteiger partial charge in [-0.25, -0.2) is 0 Å². The second-order valence-corrected chi connectivity index (χ2v) is 7.34. The zero-order valence-electron chi connectivity index (χ0n) is 14.4. The van der Waals surface area contributed by atoms with Crippen LogP contribution in [0.25, 0.3) is 11.0 Å². The molecule has 0 saturated carbocycles. The molecule has 0 radical (unpaired) electrons. The first-order valence-electron chi connectivity index (χ1n) is 8.94. The van der Waals surface area contributed by atoms with Crippen LogP contribution in [0.2, 0.25) is 0 Å². The third-order valence-electron chi connectivity index (χ3n) is 5.62. The van der Waals surface area contributed by atoms with Crippen LogP contribution in [0.1, 0.15) is 62.4 Å². The Kier molecular flexibility index (Phi) is 3.56. The molecule has 1 aliphatic heterocycles. The number of likely N-dealkylation sites (tertiary alicyclic amines) is 1. The van der Waals surface area contributed by atoms with Gasteiger partial charge in [-0.1, -0.05) is 0 Å². The summed E-state index contributed by atoms with van der Waals surface area (Å²) in [4.78, 5) is 18.1. The monoisotopic (exact) mass is 314 g/mol. The maximum absolute atomic E-state index is 12.4. The molecule has 1 saturated heterocycles. The Bertz CT molecular complexity index is 801. The molecule has 4 rings (SSSR count). The quantitative estimate of drug-likeness (QED) is 0.927. The molecule has 1 aliphatic carbocycles. The van der Waals surface area contributed by atoms with Crippen molar-refractivity contribution in [2.75, 3.05) is 6.54 Å². The molecule has 2 aliphatic rings. The van der Waals surface area contributed by atoms with Crippen molar-refractivity contribution in [2.45, 2.75) is 64.5 Å². The molecule has 1 atom stereocenters. The van der Waals surface area contributed by atoms with E-state index < -0.39 is 0 Å². The summed E-state index contributed by atoms with van der Waals surface area (Å²) in [5.74, 6) is 0. The molecule has 0 aromatic carbocycles. The number of hydrogen-bond donors (Lipinski definition) is 1. The zero-order chi connectivity index (χ0) is 16.1. The van der Waals surface area contributed by atoms with E-state index in [0.717, 1.165) is 43.4 Å². The Labute approximate surface area is 136 Å². The van der Waals surface area contributed by atoms with Crippen LogP contribution in [0, 0.1) is 0 Å². The van der Waals surface area contributed by atoms with Crippen LogP contribution in [0.3, 0.4) is 0 Å². The highest BCUT2D eigenvalue weighted by molar-refractivity contribution is 5.84. The number of pyridine rings is 1. The van der Waals surface area contributed by atoms with Gasteiger partial charge in [-0.2, -0.15) is 5.10 Å². The third-order valence-corrected chi connectivity index (χ3v) is 5.62. The summed E-state index contributed by atoms with van der Waals surface area (Å²) in [6.45, 7) is 5.67. The standard InChI is InChI=1S/C18H26N4O/c1-11(2)22-10-6-9-14(22)16-15-12-7-4-5-8-13(12)18(23)19-17(15)21(3)20-16/h11,14H,4-10H2,1-3H3,(H,19,23). The number of hydrogen-bond acceptors (Lipinski definition) is 3. The molecule has 124 valence electrons. The number of nitrogens with one attached hydrogen (secondary N) is 1. The van der Waals surface area contributed by atoms with Crippen LogP contribution in [0.4, 0.5) is 0 Å². The number of H-pyrrole nitrogens is 1. The summed E-state index contributed by atoms with van der Waals surface area (Å²) >= 11 is 0. The fraction of sp³-hybridized carbons (Fsp3) is 0.667. The molecule has 3 heterocycles. The molecular formula is C18H26N4O. The lowest BCUT2D eigenvalue weighted by molar-refractivity contribution is 0.202. The molecule has 0 amide bonds. The fourth-order valence-corrected chi connectivity index (χ4v) is 4.53. The summed E-state index contributed by atoms with van der Waals surface area (Å²) in [6, 6.07) is 0.911. The summed E-state index contributed by atoms with van der Waals surface area (Å²) in [7, 11) is 1.95. The minimum absolute atomic E-state index is 0.0916. The van der Waals surface area contributed by atoms with Crippen LogP contribution >= 0.6 is 0 Å². The first-order valence-corrected chi connectivity index (χ1v) is 8.94. The number of aryl methyl sites for hydroxylation is 2. The SMILES string of the molecule is CC(C)N1CCCC1c1nn(C)c2[nH]c(=O)c3c(c12)CCCC3. The van der Waals surface area contributed by atoms with E-state index in [2.05, 4.69) is 23.7 Å². The summed E-state index contributed by atoms with van der Waals surface area (Å²) < 4.78 is 1.87. The molecule has 5 heteroatoms. The molecule has 0 bridgehead atoms. The third kappa shape index (κ3) is 2.24. The lowest BCUT2D eigenvalue weighted by Gasteiger charge is -2.27. The van der Waals surface area contributed by atoms with Gasteiger partial charge in [0.2, 0.25) is 0 Å². The van der Waals surface area contributed by atoms with Gasteiger partial charge in [0.15, 0.2) is 0 Å². The van der Waals surface area contributed by atoms with Crippen LogP contribution in [0.15, 0.2) is 4.79 Å². The minimum atomic E-state index is 0.0916. The van der Waals surface area contributed by atoms with E-state index in [4.69, 9.17) is 5.10 Å². The van der Waals surface area contributed by atoms with Crippen LogP contribution in [-0.2, 0) is 19.9 Å². The minimum Gasteiger partial charge on any atom is -0.307 e. The van der Waals surface area contributed by atoms with Gasteiger partial charge in [0.05, 0.1) is 11.7 Å². The number of aromatic nitrogens is 3. The summed E-state index contributed by atoms with van der Waals surface area (Å²) in [5, 5.41) is 6.09. The highest BCUT2D eigenvalue weighted by atomic mass is 16.1. The number of rotatable bonds is 2. The number of nitrogens with zero attached hydrogens (tertiary/aromatic N) is 3. The van der Waals surface area contributed by atoms with Gasteiger partial charge in [0.25, 0.3) is 5.56 Å². The number of fused-ring (bicyclic) bond motifs is 3. The molecular weight excluding hydrogens is 288 g/mol. The molecule has 1 fully saturated rings. The summed E-state index contributed by atoms with van der Waals surface area (Å²) in [6.07, 6.45) is 6.62. The van der Waals surface area contributed by atoms with Gasteiger partial charge in [-0.05, 0) is 64.5 Å². The highest BCUT2D eigenvalue weighted by Gasteiger charge is 2.33. The second-order valence-electron chi connectivity index (χ2n) is 7.34. The van der Waals surface area contributed by atoms with Crippen molar-refractivity contribution >= 4 is 11.0 Å². The topological polar surface area (TPSA) is 53.9 Å². The fourth-order valence-electron chi connectivity index (χ4n) is 4.53. The molecule has 2 aromatic rings. The van der Waals surface area contributed by atoms with E-state index in [0.29, 0.717) is 12.1 Å². The average molecular weight is 314 g/mol. The molecule has 23 heavy (non-hydrogen) atoms. The number of aromatic amines is 1. The molecule has 1 N–H and O–H groups in total. The first kappa shape index (κ1) is 14.9.